The lowest BCUT2D eigenvalue weighted by atomic mass is 10.1. The third kappa shape index (κ3) is 1.55. The van der Waals surface area contributed by atoms with Crippen molar-refractivity contribution in [2.75, 3.05) is 11.4 Å². The number of hydrogen-bond donors (Lipinski definition) is 0. The van der Waals surface area contributed by atoms with Gasteiger partial charge in [-0.25, -0.2) is 0 Å². The molecule has 0 amide bonds. The molecular formula is C12H17N. The van der Waals surface area contributed by atoms with E-state index in [0.717, 1.165) is 6.04 Å². The predicted molar refractivity (Wildman–Crippen MR) is 57.2 cm³/mol. The van der Waals surface area contributed by atoms with Crippen LogP contribution in [0.4, 0.5) is 5.69 Å². The van der Waals surface area contributed by atoms with Crippen LogP contribution in [0.3, 0.4) is 0 Å². The van der Waals surface area contributed by atoms with E-state index in [1.54, 1.807) is 0 Å². The molecule has 0 N–H and O–H groups in total. The molecular weight excluding hydrogens is 158 g/mol. The Balaban J connectivity index is 2.29. The molecule has 1 fully saturated rings. The van der Waals surface area contributed by atoms with Crippen LogP contribution >= 0.6 is 0 Å². The lowest BCUT2D eigenvalue weighted by molar-refractivity contribution is 0.733. The van der Waals surface area contributed by atoms with Crippen molar-refractivity contribution in [2.24, 2.45) is 0 Å². The molecule has 1 heteroatoms. The van der Waals surface area contributed by atoms with E-state index >= 15 is 0 Å². The Morgan fingerprint density at radius 2 is 2.08 bits per heavy atom. The van der Waals surface area contributed by atoms with E-state index in [2.05, 4.69) is 43.0 Å². The van der Waals surface area contributed by atoms with Crippen LogP contribution in [0.1, 0.15) is 25.3 Å². The molecule has 1 heterocycles. The van der Waals surface area contributed by atoms with Gasteiger partial charge in [0.25, 0.3) is 0 Å². The van der Waals surface area contributed by atoms with Crippen molar-refractivity contribution in [2.45, 2.75) is 32.7 Å². The zero-order chi connectivity index (χ0) is 9.26. The summed E-state index contributed by atoms with van der Waals surface area (Å²) in [7, 11) is 0. The van der Waals surface area contributed by atoms with Gasteiger partial charge in [0.2, 0.25) is 0 Å². The number of para-hydroxylation sites is 1. The molecule has 0 aliphatic carbocycles. The van der Waals surface area contributed by atoms with Gasteiger partial charge in [-0.3, -0.25) is 0 Å². The molecule has 0 radical (unpaired) electrons. The van der Waals surface area contributed by atoms with Gasteiger partial charge < -0.3 is 4.90 Å². The van der Waals surface area contributed by atoms with Crippen LogP contribution in [0, 0.1) is 6.92 Å². The number of nitrogens with zero attached hydrogens (tertiary/aromatic N) is 1. The third-order valence-corrected chi connectivity index (χ3v) is 2.98. The first-order valence-corrected chi connectivity index (χ1v) is 5.11. The standard InChI is InChI=1S/C12H17N/c1-10-6-3-4-8-12(10)13-9-5-7-11(13)2/h3-4,6,8,11H,5,7,9H2,1-2H3. The summed E-state index contributed by atoms with van der Waals surface area (Å²) >= 11 is 0. The lowest BCUT2D eigenvalue weighted by Crippen LogP contribution is -2.26. The van der Waals surface area contributed by atoms with Crippen LogP contribution in [0.15, 0.2) is 24.3 Å². The largest absolute Gasteiger partial charge is 0.369 e. The van der Waals surface area contributed by atoms with Gasteiger partial charge in [-0.1, -0.05) is 18.2 Å². The first-order valence-electron chi connectivity index (χ1n) is 5.11. The molecule has 1 nitrogen and oxygen atoms in total. The van der Waals surface area contributed by atoms with Crippen LogP contribution in [-0.4, -0.2) is 12.6 Å². The monoisotopic (exact) mass is 175 g/mol. The van der Waals surface area contributed by atoms with Crippen LogP contribution in [0.25, 0.3) is 0 Å². The van der Waals surface area contributed by atoms with Crippen LogP contribution in [-0.2, 0) is 0 Å². The van der Waals surface area contributed by atoms with Crippen LogP contribution in [0.2, 0.25) is 0 Å². The van der Waals surface area contributed by atoms with E-state index in [1.807, 2.05) is 0 Å². The fraction of sp³-hybridized carbons (Fsp3) is 0.500. The fourth-order valence-corrected chi connectivity index (χ4v) is 2.18. The maximum Gasteiger partial charge on any atom is 0.0398 e. The molecule has 70 valence electrons. The third-order valence-electron chi connectivity index (χ3n) is 2.98. The minimum absolute atomic E-state index is 0.723. The van der Waals surface area contributed by atoms with Gasteiger partial charge in [-0.05, 0) is 38.3 Å². The van der Waals surface area contributed by atoms with Gasteiger partial charge in [-0.2, -0.15) is 0 Å². The van der Waals surface area contributed by atoms with Crippen molar-refractivity contribution < 1.29 is 0 Å². The van der Waals surface area contributed by atoms with E-state index in [-0.39, 0.29) is 0 Å². The first-order chi connectivity index (χ1) is 6.29. The maximum atomic E-state index is 2.52. The first kappa shape index (κ1) is 8.61. The summed E-state index contributed by atoms with van der Waals surface area (Å²) in [5, 5.41) is 0. The summed E-state index contributed by atoms with van der Waals surface area (Å²) in [6.07, 6.45) is 2.68. The van der Waals surface area contributed by atoms with E-state index in [9.17, 15) is 0 Å². The topological polar surface area (TPSA) is 3.24 Å². The number of aryl methyl sites for hydroxylation is 1. The Bertz CT molecular complexity index is 293. The second-order valence-electron chi connectivity index (χ2n) is 3.97. The zero-order valence-corrected chi connectivity index (χ0v) is 8.46. The van der Waals surface area contributed by atoms with Crippen molar-refractivity contribution in [3.8, 4) is 0 Å². The fourth-order valence-electron chi connectivity index (χ4n) is 2.18. The normalized spacial score (nSPS) is 22.3. The van der Waals surface area contributed by atoms with Crippen molar-refractivity contribution in [3.63, 3.8) is 0 Å². The molecule has 1 atom stereocenters. The van der Waals surface area contributed by atoms with E-state index in [1.165, 1.54) is 30.6 Å². The zero-order valence-electron chi connectivity index (χ0n) is 8.46. The van der Waals surface area contributed by atoms with Gasteiger partial charge >= 0.3 is 0 Å². The Kier molecular flexibility index (Phi) is 2.26. The van der Waals surface area contributed by atoms with Gasteiger partial charge in [0.15, 0.2) is 0 Å². The maximum absolute atomic E-state index is 2.52. The van der Waals surface area contributed by atoms with Gasteiger partial charge in [0, 0.05) is 18.3 Å². The van der Waals surface area contributed by atoms with Crippen LogP contribution in [0.5, 0.6) is 0 Å². The summed E-state index contributed by atoms with van der Waals surface area (Å²) in [6, 6.07) is 9.39. The number of benzene rings is 1. The smallest absolute Gasteiger partial charge is 0.0398 e. The van der Waals surface area contributed by atoms with Crippen molar-refractivity contribution in [3.05, 3.63) is 29.8 Å². The summed E-state index contributed by atoms with van der Waals surface area (Å²) in [5.41, 5.74) is 2.82. The molecule has 0 saturated carbocycles. The molecule has 1 aromatic rings. The van der Waals surface area contributed by atoms with E-state index in [4.69, 9.17) is 0 Å². The second-order valence-corrected chi connectivity index (χ2v) is 3.97. The average Bonchev–Trinajstić information content (AvgIpc) is 2.52. The Morgan fingerprint density at radius 1 is 1.31 bits per heavy atom. The highest BCUT2D eigenvalue weighted by molar-refractivity contribution is 5.54. The highest BCUT2D eigenvalue weighted by Crippen LogP contribution is 2.27. The van der Waals surface area contributed by atoms with E-state index in [0.29, 0.717) is 0 Å². The summed E-state index contributed by atoms with van der Waals surface area (Å²) in [6.45, 7) is 5.74. The molecule has 13 heavy (non-hydrogen) atoms. The molecule has 1 saturated heterocycles. The summed E-state index contributed by atoms with van der Waals surface area (Å²) < 4.78 is 0. The van der Waals surface area contributed by atoms with Crippen molar-refractivity contribution in [1.82, 2.24) is 0 Å². The quantitative estimate of drug-likeness (QED) is 0.634. The lowest BCUT2D eigenvalue weighted by Gasteiger charge is -2.25. The molecule has 0 bridgehead atoms. The highest BCUT2D eigenvalue weighted by atomic mass is 15.2. The predicted octanol–water partition coefficient (Wildman–Crippen LogP) is 2.98. The minimum Gasteiger partial charge on any atom is -0.369 e. The molecule has 0 aromatic heterocycles. The van der Waals surface area contributed by atoms with Crippen molar-refractivity contribution in [1.29, 1.82) is 0 Å². The highest BCUT2D eigenvalue weighted by Gasteiger charge is 2.20. The molecule has 1 aliphatic rings. The number of hydrogen-bond acceptors (Lipinski definition) is 1. The Labute approximate surface area is 80.4 Å². The van der Waals surface area contributed by atoms with Gasteiger partial charge in [0.05, 0.1) is 0 Å². The second kappa shape index (κ2) is 3.41. The molecule has 1 aromatic carbocycles. The van der Waals surface area contributed by atoms with E-state index < -0.39 is 0 Å². The number of anilines is 1. The molecule has 1 unspecified atom stereocenters. The average molecular weight is 175 g/mol. The molecule has 1 aliphatic heterocycles. The molecule has 0 spiro atoms. The van der Waals surface area contributed by atoms with Gasteiger partial charge in [0.1, 0.15) is 0 Å². The number of rotatable bonds is 1. The van der Waals surface area contributed by atoms with Crippen molar-refractivity contribution >= 4 is 5.69 Å². The summed E-state index contributed by atoms with van der Waals surface area (Å²) in [4.78, 5) is 2.52. The Hall–Kier alpha value is -0.980. The summed E-state index contributed by atoms with van der Waals surface area (Å²) in [5.74, 6) is 0. The van der Waals surface area contributed by atoms with Crippen LogP contribution < -0.4 is 4.90 Å². The SMILES string of the molecule is Cc1ccccc1N1CCCC1C. The Morgan fingerprint density at radius 3 is 2.69 bits per heavy atom. The van der Waals surface area contributed by atoms with Gasteiger partial charge in [-0.15, -0.1) is 0 Å². The minimum atomic E-state index is 0.723. The molecule has 2 rings (SSSR count).